The van der Waals surface area contributed by atoms with Crippen LogP contribution in [0.4, 0.5) is 0 Å². The van der Waals surface area contributed by atoms with Gasteiger partial charge in [0.2, 0.25) is 0 Å². The van der Waals surface area contributed by atoms with Gasteiger partial charge in [-0.25, -0.2) is 0 Å². The van der Waals surface area contributed by atoms with Gasteiger partial charge in [0.1, 0.15) is 0 Å². The van der Waals surface area contributed by atoms with Crippen LogP contribution < -0.4 is 5.73 Å². The van der Waals surface area contributed by atoms with Crippen molar-refractivity contribution in [3.63, 3.8) is 0 Å². The van der Waals surface area contributed by atoms with Gasteiger partial charge >= 0.3 is 0 Å². The summed E-state index contributed by atoms with van der Waals surface area (Å²) in [5.41, 5.74) is 5.64. The summed E-state index contributed by atoms with van der Waals surface area (Å²) in [4.78, 5) is 0. The van der Waals surface area contributed by atoms with Crippen molar-refractivity contribution in [2.24, 2.45) is 5.73 Å². The molecule has 0 heterocycles. The van der Waals surface area contributed by atoms with Gasteiger partial charge in [-0.2, -0.15) is 0 Å². The molecule has 0 spiro atoms. The third-order valence-electron chi connectivity index (χ3n) is 5.29. The minimum absolute atomic E-state index is 0.865. The zero-order valence-corrected chi connectivity index (χ0v) is 16.8. The second-order valence-electron chi connectivity index (χ2n) is 7.56. The van der Waals surface area contributed by atoms with Crippen molar-refractivity contribution in [3.05, 3.63) is 0 Å². The Kier molecular flexibility index (Phi) is 16.7. The van der Waals surface area contributed by atoms with E-state index in [0.717, 1.165) is 6.54 Å². The standard InChI is InChI=1S/C21H47N2/c1-4-7-13-18-23(19-14-8-5-2,20-15-9-6-3)21-16-11-10-12-17-22/h4-22H2,1-3H3/q+1. The number of nitrogens with zero attached hydrogens (tertiary/aromatic N) is 1. The average molecular weight is 328 g/mol. The minimum Gasteiger partial charge on any atom is -0.330 e. The van der Waals surface area contributed by atoms with E-state index in [1.165, 1.54) is 114 Å². The molecule has 2 nitrogen and oxygen atoms in total. The summed E-state index contributed by atoms with van der Waals surface area (Å²) in [5, 5.41) is 0. The molecule has 0 fully saturated rings. The van der Waals surface area contributed by atoms with Gasteiger partial charge in [0.25, 0.3) is 0 Å². The van der Waals surface area contributed by atoms with E-state index in [-0.39, 0.29) is 0 Å². The lowest BCUT2D eigenvalue weighted by atomic mass is 10.1. The predicted octanol–water partition coefficient (Wildman–Crippen LogP) is 5.89. The number of hydrogen-bond acceptors (Lipinski definition) is 1. The highest BCUT2D eigenvalue weighted by molar-refractivity contribution is 4.52. The maximum absolute atomic E-state index is 5.64. The normalized spacial score (nSPS) is 12.0. The fourth-order valence-corrected chi connectivity index (χ4v) is 3.71. The highest BCUT2D eigenvalue weighted by Crippen LogP contribution is 2.18. The van der Waals surface area contributed by atoms with Crippen LogP contribution in [0.1, 0.15) is 104 Å². The van der Waals surface area contributed by atoms with Crippen LogP contribution >= 0.6 is 0 Å². The molecule has 0 aromatic rings. The third kappa shape index (κ3) is 12.9. The van der Waals surface area contributed by atoms with Gasteiger partial charge < -0.3 is 10.2 Å². The number of quaternary nitrogens is 1. The van der Waals surface area contributed by atoms with Crippen molar-refractivity contribution >= 4 is 0 Å². The van der Waals surface area contributed by atoms with Crippen LogP contribution in [0.3, 0.4) is 0 Å². The lowest BCUT2D eigenvalue weighted by molar-refractivity contribution is -0.929. The number of unbranched alkanes of at least 4 members (excludes halogenated alkanes) is 9. The molecule has 0 saturated heterocycles. The highest BCUT2D eigenvalue weighted by atomic mass is 15.3. The van der Waals surface area contributed by atoms with Crippen LogP contribution in [0.15, 0.2) is 0 Å². The fraction of sp³-hybridized carbons (Fsp3) is 1.00. The van der Waals surface area contributed by atoms with Crippen LogP contribution in [0, 0.1) is 0 Å². The van der Waals surface area contributed by atoms with Crippen LogP contribution in [0.2, 0.25) is 0 Å². The summed E-state index contributed by atoms with van der Waals surface area (Å²) in [6.07, 6.45) is 17.9. The van der Waals surface area contributed by atoms with E-state index < -0.39 is 0 Å². The fourth-order valence-electron chi connectivity index (χ4n) is 3.71. The van der Waals surface area contributed by atoms with E-state index in [1.54, 1.807) is 0 Å². The van der Waals surface area contributed by atoms with Crippen LogP contribution in [-0.2, 0) is 0 Å². The van der Waals surface area contributed by atoms with Gasteiger partial charge in [0, 0.05) is 0 Å². The smallest absolute Gasteiger partial charge is 0.0786 e. The first kappa shape index (κ1) is 22.9. The third-order valence-corrected chi connectivity index (χ3v) is 5.29. The minimum atomic E-state index is 0.865. The Morgan fingerprint density at radius 2 is 0.826 bits per heavy atom. The number of hydrogen-bond donors (Lipinski definition) is 1. The molecule has 0 unspecified atom stereocenters. The van der Waals surface area contributed by atoms with Crippen molar-refractivity contribution in [2.75, 3.05) is 32.7 Å². The van der Waals surface area contributed by atoms with E-state index in [2.05, 4.69) is 20.8 Å². The average Bonchev–Trinajstić information content (AvgIpc) is 2.55. The quantitative estimate of drug-likeness (QED) is 0.246. The molecule has 0 bridgehead atoms. The molecule has 0 aliphatic carbocycles. The summed E-state index contributed by atoms with van der Waals surface area (Å²) in [5.74, 6) is 0. The van der Waals surface area contributed by atoms with Gasteiger partial charge in [-0.15, -0.1) is 0 Å². The van der Waals surface area contributed by atoms with E-state index in [0.29, 0.717) is 0 Å². The van der Waals surface area contributed by atoms with Gasteiger partial charge in [-0.1, -0.05) is 46.5 Å². The molecule has 0 aliphatic rings. The Hall–Kier alpha value is -0.0800. The topological polar surface area (TPSA) is 26.0 Å². The van der Waals surface area contributed by atoms with Gasteiger partial charge in [0.15, 0.2) is 0 Å². The molecule has 0 aliphatic heterocycles. The monoisotopic (exact) mass is 327 g/mol. The Morgan fingerprint density at radius 1 is 0.478 bits per heavy atom. The predicted molar refractivity (Wildman–Crippen MR) is 106 cm³/mol. The van der Waals surface area contributed by atoms with Crippen LogP contribution in [0.25, 0.3) is 0 Å². The van der Waals surface area contributed by atoms with Crippen molar-refractivity contribution in [3.8, 4) is 0 Å². The van der Waals surface area contributed by atoms with E-state index in [1.807, 2.05) is 0 Å². The van der Waals surface area contributed by atoms with Crippen LogP contribution in [0.5, 0.6) is 0 Å². The van der Waals surface area contributed by atoms with E-state index in [9.17, 15) is 0 Å². The molecule has 0 radical (unpaired) electrons. The molecule has 0 aromatic heterocycles. The lowest BCUT2D eigenvalue weighted by Crippen LogP contribution is -2.50. The zero-order valence-electron chi connectivity index (χ0n) is 16.8. The molecule has 2 N–H and O–H groups in total. The highest BCUT2D eigenvalue weighted by Gasteiger charge is 2.25. The summed E-state index contributed by atoms with van der Waals surface area (Å²) in [6, 6.07) is 0. The first-order valence-corrected chi connectivity index (χ1v) is 10.8. The van der Waals surface area contributed by atoms with E-state index in [4.69, 9.17) is 5.73 Å². The van der Waals surface area contributed by atoms with Crippen molar-refractivity contribution in [1.29, 1.82) is 0 Å². The van der Waals surface area contributed by atoms with Gasteiger partial charge in [-0.3, -0.25) is 0 Å². The van der Waals surface area contributed by atoms with Gasteiger partial charge in [-0.05, 0) is 64.3 Å². The second kappa shape index (κ2) is 16.8. The summed E-state index contributed by atoms with van der Waals surface area (Å²) < 4.78 is 1.42. The largest absolute Gasteiger partial charge is 0.330 e. The zero-order chi connectivity index (χ0) is 17.2. The van der Waals surface area contributed by atoms with Crippen LogP contribution in [-0.4, -0.2) is 37.2 Å². The molecule has 0 saturated carbocycles. The molecule has 140 valence electrons. The Balaban J connectivity index is 4.52. The molecule has 23 heavy (non-hydrogen) atoms. The maximum atomic E-state index is 5.64. The Morgan fingerprint density at radius 3 is 1.17 bits per heavy atom. The Labute approximate surface area is 147 Å². The maximum Gasteiger partial charge on any atom is 0.0786 e. The molecule has 0 aromatic carbocycles. The molecule has 0 amide bonds. The van der Waals surface area contributed by atoms with Crippen molar-refractivity contribution in [1.82, 2.24) is 0 Å². The molecule has 2 heteroatoms. The molecular weight excluding hydrogens is 280 g/mol. The second-order valence-corrected chi connectivity index (χ2v) is 7.56. The van der Waals surface area contributed by atoms with Crippen molar-refractivity contribution < 1.29 is 4.48 Å². The van der Waals surface area contributed by atoms with E-state index >= 15 is 0 Å². The number of rotatable bonds is 18. The first-order chi connectivity index (χ1) is 11.2. The molecular formula is C21H47N2+. The summed E-state index contributed by atoms with van der Waals surface area (Å²) in [7, 11) is 0. The molecule has 0 atom stereocenters. The number of nitrogens with two attached hydrogens (primary N) is 1. The first-order valence-electron chi connectivity index (χ1n) is 10.8. The Bertz CT molecular complexity index is 201. The summed E-state index contributed by atoms with van der Waals surface area (Å²) >= 11 is 0. The summed E-state index contributed by atoms with van der Waals surface area (Å²) in [6.45, 7) is 13.6. The molecule has 0 rings (SSSR count). The van der Waals surface area contributed by atoms with Crippen molar-refractivity contribution in [2.45, 2.75) is 104 Å². The SMILES string of the molecule is CCCCC[N+](CCCCC)(CCCCC)CCCCCCN. The van der Waals surface area contributed by atoms with Gasteiger partial charge in [0.05, 0.1) is 26.2 Å². The lowest BCUT2D eigenvalue weighted by Gasteiger charge is -2.39.